The molecule has 20 heavy (non-hydrogen) atoms. The van der Waals surface area contributed by atoms with Crippen molar-refractivity contribution in [3.63, 3.8) is 0 Å². The van der Waals surface area contributed by atoms with Crippen LogP contribution in [0.25, 0.3) is 0 Å². The van der Waals surface area contributed by atoms with Gasteiger partial charge < -0.3 is 5.73 Å². The number of sulfonamides is 1. The Balaban J connectivity index is 3.02. The molecule has 0 aliphatic carbocycles. The lowest BCUT2D eigenvalue weighted by Crippen LogP contribution is -2.38. The zero-order valence-corrected chi connectivity index (χ0v) is 13.6. The smallest absolute Gasteiger partial charge is 0.243 e. The number of benzene rings is 1. The van der Waals surface area contributed by atoms with Gasteiger partial charge in [-0.15, -0.1) is 0 Å². The van der Waals surface area contributed by atoms with Crippen LogP contribution in [0, 0.1) is 0 Å². The standard InChI is InChI=1S/C14H22N2O2S2/c1-3-5-12-6-8-13(9-7-12)20(17,18)16(10-4-2)11-14(15)19/h6-9H,3-5,10-11H2,1-2H3,(H2,15,19). The van der Waals surface area contributed by atoms with E-state index in [-0.39, 0.29) is 11.5 Å². The Morgan fingerprint density at radius 1 is 1.20 bits per heavy atom. The van der Waals surface area contributed by atoms with Crippen LogP contribution in [0.15, 0.2) is 29.2 Å². The minimum atomic E-state index is -3.52. The highest BCUT2D eigenvalue weighted by atomic mass is 32.2. The summed E-state index contributed by atoms with van der Waals surface area (Å²) >= 11 is 4.83. The summed E-state index contributed by atoms with van der Waals surface area (Å²) in [5, 5.41) is 0. The second-order valence-electron chi connectivity index (χ2n) is 4.70. The number of aryl methyl sites for hydroxylation is 1. The van der Waals surface area contributed by atoms with Gasteiger partial charge in [0, 0.05) is 6.54 Å². The SMILES string of the molecule is CCCc1ccc(S(=O)(=O)N(CCC)CC(N)=S)cc1. The number of hydrogen-bond donors (Lipinski definition) is 1. The summed E-state index contributed by atoms with van der Waals surface area (Å²) in [6, 6.07) is 7.04. The summed E-state index contributed by atoms with van der Waals surface area (Å²) < 4.78 is 26.4. The average molecular weight is 314 g/mol. The van der Waals surface area contributed by atoms with Gasteiger partial charge in [-0.05, 0) is 30.5 Å². The maximum Gasteiger partial charge on any atom is 0.243 e. The van der Waals surface area contributed by atoms with Gasteiger partial charge in [-0.2, -0.15) is 4.31 Å². The van der Waals surface area contributed by atoms with Crippen LogP contribution in [-0.2, 0) is 16.4 Å². The first-order chi connectivity index (χ1) is 9.41. The van der Waals surface area contributed by atoms with Gasteiger partial charge in [0.2, 0.25) is 10.0 Å². The van der Waals surface area contributed by atoms with E-state index in [1.165, 1.54) is 4.31 Å². The molecule has 1 aromatic rings. The van der Waals surface area contributed by atoms with Crippen LogP contribution in [0.4, 0.5) is 0 Å². The molecule has 0 bridgehead atoms. The Labute approximate surface area is 127 Å². The molecule has 0 unspecified atom stereocenters. The summed E-state index contributed by atoms with van der Waals surface area (Å²) in [4.78, 5) is 0.478. The van der Waals surface area contributed by atoms with Gasteiger partial charge in [0.05, 0.1) is 16.4 Å². The van der Waals surface area contributed by atoms with E-state index in [1.54, 1.807) is 12.1 Å². The molecule has 0 heterocycles. The van der Waals surface area contributed by atoms with E-state index < -0.39 is 10.0 Å². The molecule has 0 aliphatic heterocycles. The number of nitrogens with zero attached hydrogens (tertiary/aromatic N) is 1. The Morgan fingerprint density at radius 2 is 1.80 bits per heavy atom. The molecule has 2 N–H and O–H groups in total. The third-order valence-electron chi connectivity index (χ3n) is 2.91. The van der Waals surface area contributed by atoms with Crippen LogP contribution in [0.2, 0.25) is 0 Å². The fourth-order valence-corrected chi connectivity index (χ4v) is 3.72. The van der Waals surface area contributed by atoms with Crippen molar-refractivity contribution in [2.75, 3.05) is 13.1 Å². The number of thiocarbonyl (C=S) groups is 1. The molecule has 0 saturated heterocycles. The van der Waals surface area contributed by atoms with Crippen molar-refractivity contribution in [2.45, 2.75) is 38.0 Å². The zero-order valence-electron chi connectivity index (χ0n) is 12.0. The number of rotatable bonds is 8. The van der Waals surface area contributed by atoms with Crippen molar-refractivity contribution in [1.82, 2.24) is 4.31 Å². The van der Waals surface area contributed by atoms with E-state index in [4.69, 9.17) is 18.0 Å². The molecule has 0 spiro atoms. The molecule has 0 fully saturated rings. The molecule has 0 saturated carbocycles. The lowest BCUT2D eigenvalue weighted by atomic mass is 10.1. The first kappa shape index (κ1) is 17.1. The minimum Gasteiger partial charge on any atom is -0.392 e. The van der Waals surface area contributed by atoms with Gasteiger partial charge in [-0.3, -0.25) is 0 Å². The highest BCUT2D eigenvalue weighted by Crippen LogP contribution is 2.17. The van der Waals surface area contributed by atoms with Gasteiger partial charge in [0.15, 0.2) is 0 Å². The van der Waals surface area contributed by atoms with Crippen molar-refractivity contribution < 1.29 is 8.42 Å². The molecule has 0 aliphatic rings. The van der Waals surface area contributed by atoms with Gasteiger partial charge in [0.25, 0.3) is 0 Å². The van der Waals surface area contributed by atoms with Crippen molar-refractivity contribution >= 4 is 27.2 Å². The van der Waals surface area contributed by atoms with Gasteiger partial charge in [0.1, 0.15) is 0 Å². The lowest BCUT2D eigenvalue weighted by Gasteiger charge is -2.21. The molecule has 0 aromatic heterocycles. The van der Waals surface area contributed by atoms with Crippen LogP contribution in [-0.4, -0.2) is 30.8 Å². The van der Waals surface area contributed by atoms with E-state index in [1.807, 2.05) is 19.1 Å². The first-order valence-corrected chi connectivity index (χ1v) is 8.64. The van der Waals surface area contributed by atoms with E-state index in [2.05, 4.69) is 6.92 Å². The second kappa shape index (κ2) is 7.71. The monoisotopic (exact) mass is 314 g/mol. The van der Waals surface area contributed by atoms with Crippen molar-refractivity contribution in [3.05, 3.63) is 29.8 Å². The summed E-state index contributed by atoms with van der Waals surface area (Å²) in [6.07, 6.45) is 2.71. The average Bonchev–Trinajstić information content (AvgIpc) is 2.39. The van der Waals surface area contributed by atoms with Crippen molar-refractivity contribution in [2.24, 2.45) is 5.73 Å². The Kier molecular flexibility index (Phi) is 6.58. The third-order valence-corrected chi connectivity index (χ3v) is 4.89. The molecule has 0 radical (unpaired) electrons. The summed E-state index contributed by atoms with van der Waals surface area (Å²) in [5.74, 6) is 0. The molecule has 1 rings (SSSR count). The van der Waals surface area contributed by atoms with E-state index in [0.29, 0.717) is 11.4 Å². The quantitative estimate of drug-likeness (QED) is 0.748. The fourth-order valence-electron chi connectivity index (χ4n) is 1.97. The number of nitrogens with two attached hydrogens (primary N) is 1. The van der Waals surface area contributed by atoms with Crippen molar-refractivity contribution in [3.8, 4) is 0 Å². The Morgan fingerprint density at radius 3 is 2.25 bits per heavy atom. The second-order valence-corrected chi connectivity index (χ2v) is 7.16. The highest BCUT2D eigenvalue weighted by Gasteiger charge is 2.24. The minimum absolute atomic E-state index is 0.0855. The van der Waals surface area contributed by atoms with Gasteiger partial charge in [-0.1, -0.05) is 44.6 Å². The summed E-state index contributed by atoms with van der Waals surface area (Å²) in [7, 11) is -3.52. The Bertz CT molecular complexity index is 539. The van der Waals surface area contributed by atoms with E-state index >= 15 is 0 Å². The molecule has 0 atom stereocenters. The molecule has 0 amide bonds. The van der Waals surface area contributed by atoms with E-state index in [0.717, 1.165) is 24.8 Å². The Hall–Kier alpha value is -0.980. The zero-order chi connectivity index (χ0) is 15.2. The van der Waals surface area contributed by atoms with Gasteiger partial charge in [-0.25, -0.2) is 8.42 Å². The third kappa shape index (κ3) is 4.54. The molecule has 112 valence electrons. The predicted molar refractivity (Wildman–Crippen MR) is 86.3 cm³/mol. The molecule has 1 aromatic carbocycles. The first-order valence-electron chi connectivity index (χ1n) is 6.79. The maximum absolute atomic E-state index is 12.5. The highest BCUT2D eigenvalue weighted by molar-refractivity contribution is 7.89. The topological polar surface area (TPSA) is 63.4 Å². The van der Waals surface area contributed by atoms with Crippen LogP contribution < -0.4 is 5.73 Å². The number of hydrogen-bond acceptors (Lipinski definition) is 3. The molecule has 6 heteroatoms. The molecule has 4 nitrogen and oxygen atoms in total. The van der Waals surface area contributed by atoms with E-state index in [9.17, 15) is 8.42 Å². The fraction of sp³-hybridized carbons (Fsp3) is 0.500. The normalized spacial score (nSPS) is 11.8. The van der Waals surface area contributed by atoms with Gasteiger partial charge >= 0.3 is 0 Å². The largest absolute Gasteiger partial charge is 0.392 e. The van der Waals surface area contributed by atoms with Crippen molar-refractivity contribution in [1.29, 1.82) is 0 Å². The molecular weight excluding hydrogens is 292 g/mol. The van der Waals surface area contributed by atoms with Crippen LogP contribution in [0.3, 0.4) is 0 Å². The van der Waals surface area contributed by atoms with Crippen LogP contribution in [0.1, 0.15) is 32.3 Å². The van der Waals surface area contributed by atoms with Crippen LogP contribution in [0.5, 0.6) is 0 Å². The summed E-state index contributed by atoms with van der Waals surface area (Å²) in [5.41, 5.74) is 6.63. The predicted octanol–water partition coefficient (Wildman–Crippen LogP) is 2.33. The maximum atomic E-state index is 12.5. The van der Waals surface area contributed by atoms with Crippen LogP contribution >= 0.6 is 12.2 Å². The lowest BCUT2D eigenvalue weighted by molar-refractivity contribution is 0.449. The molecular formula is C14H22N2O2S2. The summed E-state index contributed by atoms with van der Waals surface area (Å²) in [6.45, 7) is 4.51.